The number of benzene rings is 1. The van der Waals surface area contributed by atoms with Gasteiger partial charge >= 0.3 is 6.18 Å². The highest BCUT2D eigenvalue weighted by molar-refractivity contribution is 7.99. The molecule has 0 aliphatic carbocycles. The van der Waals surface area contributed by atoms with Crippen molar-refractivity contribution in [3.8, 4) is 0 Å². The van der Waals surface area contributed by atoms with Gasteiger partial charge in [0, 0.05) is 35.9 Å². The number of rotatable bonds is 11. The molecule has 2 fully saturated rings. The van der Waals surface area contributed by atoms with Crippen molar-refractivity contribution in [1.82, 2.24) is 25.1 Å². The fourth-order valence-corrected chi connectivity index (χ4v) is 8.06. The summed E-state index contributed by atoms with van der Waals surface area (Å²) in [6.45, 7) is 8.18. The molecule has 2 saturated heterocycles. The number of carbonyl (C=O) groups excluding carboxylic acids is 2. The molecular weight excluding hydrogens is 657 g/mol. The average Bonchev–Trinajstić information content (AvgIpc) is 3.58. The monoisotopic (exact) mass is 701 g/mol. The van der Waals surface area contributed by atoms with Gasteiger partial charge in [-0.25, -0.2) is 4.98 Å². The van der Waals surface area contributed by atoms with Crippen LogP contribution in [-0.4, -0.2) is 80.8 Å². The summed E-state index contributed by atoms with van der Waals surface area (Å²) in [4.78, 5) is 32.7. The second kappa shape index (κ2) is 13.6. The molecule has 5 heterocycles. The summed E-state index contributed by atoms with van der Waals surface area (Å²) < 4.78 is 52.2. The van der Waals surface area contributed by atoms with Gasteiger partial charge in [-0.3, -0.25) is 14.5 Å². The molecule has 3 aliphatic heterocycles. The van der Waals surface area contributed by atoms with Crippen molar-refractivity contribution in [2.45, 2.75) is 75.8 Å². The summed E-state index contributed by atoms with van der Waals surface area (Å²) >= 11 is 1.50. The largest absolute Gasteiger partial charge is 0.416 e. The first kappa shape index (κ1) is 35.3. The van der Waals surface area contributed by atoms with E-state index >= 15 is 0 Å². The van der Waals surface area contributed by atoms with Crippen molar-refractivity contribution in [1.29, 1.82) is 0 Å². The maximum absolute atomic E-state index is 14.8. The summed E-state index contributed by atoms with van der Waals surface area (Å²) in [5, 5.41) is 11.9. The van der Waals surface area contributed by atoms with Crippen LogP contribution in [0.2, 0.25) is 0 Å². The number of likely N-dealkylation sites (tertiary alicyclic amines) is 1. The molecule has 1 unspecified atom stereocenters. The number of aromatic nitrogens is 4. The lowest BCUT2D eigenvalue weighted by molar-refractivity contribution is -0.949. The molecule has 15 heteroatoms. The number of anilines is 1. The van der Waals surface area contributed by atoms with Crippen molar-refractivity contribution >= 4 is 29.4 Å². The molecule has 1 aromatic carbocycles. The molecule has 3 aromatic rings. The van der Waals surface area contributed by atoms with Gasteiger partial charge < -0.3 is 24.8 Å². The number of fused-ring (bicyclic) bond motifs is 1. The van der Waals surface area contributed by atoms with E-state index in [0.717, 1.165) is 30.0 Å². The van der Waals surface area contributed by atoms with E-state index in [4.69, 9.17) is 15.5 Å². The zero-order valence-corrected chi connectivity index (χ0v) is 29.2. The van der Waals surface area contributed by atoms with Crippen LogP contribution in [0, 0.1) is 5.92 Å². The first-order valence-electron chi connectivity index (χ1n) is 16.7. The van der Waals surface area contributed by atoms with Crippen LogP contribution in [0.3, 0.4) is 0 Å². The Morgan fingerprint density at radius 2 is 2.04 bits per heavy atom. The Hall–Kier alpha value is -3.53. The number of quaternary nitrogens is 1. The molecule has 3 atom stereocenters. The highest BCUT2D eigenvalue weighted by Gasteiger charge is 2.45. The van der Waals surface area contributed by atoms with E-state index in [1.807, 2.05) is 30.7 Å². The Morgan fingerprint density at radius 3 is 2.65 bits per heavy atom. The first-order chi connectivity index (χ1) is 23.2. The number of nitrogens with two attached hydrogens (primary N) is 1. The topological polar surface area (TPSA) is 128 Å². The predicted octanol–water partition coefficient (Wildman–Crippen LogP) is 4.18. The number of alkyl halides is 3. The van der Waals surface area contributed by atoms with E-state index in [1.165, 1.54) is 22.7 Å². The minimum atomic E-state index is -4.68. The first-order valence-corrected chi connectivity index (χ1v) is 17.7. The lowest BCUT2D eigenvalue weighted by Gasteiger charge is -2.44. The fraction of sp³-hybridized carbons (Fsp3) is 0.559. The number of pyridine rings is 1. The average molecular weight is 702 g/mol. The minimum absolute atomic E-state index is 0.0327. The molecular formula is C34H44F3N8O3S+. The van der Waals surface area contributed by atoms with Gasteiger partial charge in [0.2, 0.25) is 5.91 Å². The van der Waals surface area contributed by atoms with E-state index in [-0.39, 0.29) is 36.8 Å². The van der Waals surface area contributed by atoms with Gasteiger partial charge in [-0.1, -0.05) is 13.8 Å². The van der Waals surface area contributed by atoms with Gasteiger partial charge in [0.15, 0.2) is 6.67 Å². The maximum Gasteiger partial charge on any atom is 0.416 e. The number of amides is 2. The van der Waals surface area contributed by atoms with Crippen LogP contribution in [0.15, 0.2) is 35.6 Å². The number of aryl methyl sites for hydroxylation is 1. The second-order valence-corrected chi connectivity index (χ2v) is 15.3. The number of halogens is 3. The molecule has 2 aromatic heterocycles. The Kier molecular flexibility index (Phi) is 9.83. The van der Waals surface area contributed by atoms with Gasteiger partial charge in [-0.2, -0.15) is 13.2 Å². The molecule has 264 valence electrons. The van der Waals surface area contributed by atoms with Crippen molar-refractivity contribution in [2.24, 2.45) is 18.7 Å². The molecule has 6 rings (SSSR count). The Morgan fingerprint density at radius 1 is 1.27 bits per heavy atom. The number of hydrogen-bond donors (Lipinski definition) is 2. The van der Waals surface area contributed by atoms with Gasteiger partial charge in [0.25, 0.3) is 5.91 Å². The number of ether oxygens (including phenoxy) is 1. The number of thioether (sulfide) groups is 1. The van der Waals surface area contributed by atoms with Crippen LogP contribution >= 0.6 is 11.8 Å². The summed E-state index contributed by atoms with van der Waals surface area (Å²) in [6.07, 6.45) is -0.618. The van der Waals surface area contributed by atoms with E-state index in [2.05, 4.69) is 22.4 Å². The standard InChI is InChI=1S/C34H43F3N8O3S/c1-5-49-30-12-24(33(17-48-18-33)13-29-42-40-19-43(29)4)11-28(41-30)44-14-26-25(32(44)47)9-23(10-27(26)34(35,36)37)16-45(8-6-7-21(2)15-45)20-39-31(46)22(3)38/h9-12,19,21-22H,5-8,13-18,20,38H2,1-4H3/p+1/t21-,22-,45?/m0/s1. The summed E-state index contributed by atoms with van der Waals surface area (Å²) in [6, 6.07) is 5.89. The predicted molar refractivity (Wildman–Crippen MR) is 179 cm³/mol. The molecule has 11 nitrogen and oxygen atoms in total. The summed E-state index contributed by atoms with van der Waals surface area (Å²) in [5.41, 5.74) is 5.80. The highest BCUT2D eigenvalue weighted by atomic mass is 32.2. The van der Waals surface area contributed by atoms with Crippen molar-refractivity contribution in [3.63, 3.8) is 0 Å². The van der Waals surface area contributed by atoms with Gasteiger partial charge in [0.05, 0.1) is 49.5 Å². The van der Waals surface area contributed by atoms with Gasteiger partial charge in [-0.15, -0.1) is 22.0 Å². The molecule has 3 aliphatic rings. The lowest BCUT2D eigenvalue weighted by Crippen LogP contribution is -2.59. The minimum Gasteiger partial charge on any atom is -0.379 e. The molecule has 0 radical (unpaired) electrons. The maximum atomic E-state index is 14.8. The van der Waals surface area contributed by atoms with Gasteiger partial charge in [0.1, 0.15) is 24.5 Å². The van der Waals surface area contributed by atoms with E-state index in [9.17, 15) is 22.8 Å². The fourth-order valence-electron chi connectivity index (χ4n) is 7.40. The number of nitrogens with zero attached hydrogens (tertiary/aromatic N) is 6. The van der Waals surface area contributed by atoms with Crippen LogP contribution in [-0.2, 0) is 47.7 Å². The van der Waals surface area contributed by atoms with Gasteiger partial charge in [-0.05, 0) is 60.9 Å². The third-order valence-corrected chi connectivity index (χ3v) is 10.8. The number of piperidine rings is 1. The SMILES string of the molecule is CCSc1cc(C2(Cc3nncn3C)COC2)cc(N2Cc3c(cc(C[N+]4(CNC(=O)[C@H](C)N)CCC[C@H](C)C4)cc3C(F)(F)F)C2=O)n1. The van der Waals surface area contributed by atoms with Crippen LogP contribution in [0.4, 0.5) is 19.0 Å². The van der Waals surface area contributed by atoms with Crippen LogP contribution in [0.25, 0.3) is 0 Å². The normalized spacial score (nSPS) is 22.5. The highest BCUT2D eigenvalue weighted by Crippen LogP contribution is 2.43. The third-order valence-electron chi connectivity index (χ3n) is 9.98. The van der Waals surface area contributed by atoms with E-state index in [0.29, 0.717) is 59.5 Å². The smallest absolute Gasteiger partial charge is 0.379 e. The number of nitrogens with one attached hydrogen (secondary N) is 1. The van der Waals surface area contributed by atoms with Crippen LogP contribution in [0.1, 0.15) is 72.0 Å². The number of hydrogen-bond acceptors (Lipinski definition) is 8. The Balaban J connectivity index is 1.36. The van der Waals surface area contributed by atoms with E-state index in [1.54, 1.807) is 19.3 Å². The Labute approximate surface area is 288 Å². The molecule has 0 spiro atoms. The third kappa shape index (κ3) is 7.21. The number of carbonyl (C=O) groups is 2. The van der Waals surface area contributed by atoms with Crippen molar-refractivity contribution in [3.05, 3.63) is 64.2 Å². The Bertz CT molecular complexity index is 1730. The van der Waals surface area contributed by atoms with Crippen molar-refractivity contribution < 1.29 is 32.0 Å². The van der Waals surface area contributed by atoms with Crippen LogP contribution in [0.5, 0.6) is 0 Å². The molecule has 3 N–H and O–H groups in total. The second-order valence-electron chi connectivity index (χ2n) is 14.0. The molecule has 0 bridgehead atoms. The summed E-state index contributed by atoms with van der Waals surface area (Å²) in [7, 11) is 1.87. The van der Waals surface area contributed by atoms with Crippen molar-refractivity contribution in [2.75, 3.05) is 43.6 Å². The summed E-state index contributed by atoms with van der Waals surface area (Å²) in [5.74, 6) is 1.30. The van der Waals surface area contributed by atoms with E-state index < -0.39 is 29.1 Å². The zero-order valence-electron chi connectivity index (χ0n) is 28.3. The molecule has 0 saturated carbocycles. The molecule has 49 heavy (non-hydrogen) atoms. The molecule has 2 amide bonds. The lowest BCUT2D eigenvalue weighted by atomic mass is 9.76. The van der Waals surface area contributed by atoms with Crippen LogP contribution < -0.4 is 16.0 Å². The quantitative estimate of drug-likeness (QED) is 0.225. The zero-order chi connectivity index (χ0) is 35.1.